The van der Waals surface area contributed by atoms with Gasteiger partial charge in [-0.2, -0.15) is 13.2 Å². The van der Waals surface area contributed by atoms with Crippen molar-refractivity contribution in [3.63, 3.8) is 0 Å². The number of nitrogens with zero attached hydrogens (tertiary/aromatic N) is 4. The van der Waals surface area contributed by atoms with Crippen molar-refractivity contribution in [1.29, 1.82) is 0 Å². The van der Waals surface area contributed by atoms with Crippen LogP contribution in [0.3, 0.4) is 0 Å². The molecular formula is C24H19F3N4S. The fourth-order valence-electron chi connectivity index (χ4n) is 3.82. The molecule has 4 aromatic rings. The van der Waals surface area contributed by atoms with Crippen LogP contribution in [0.5, 0.6) is 0 Å². The maximum absolute atomic E-state index is 12.8. The van der Waals surface area contributed by atoms with Gasteiger partial charge in [-0.05, 0) is 35.7 Å². The van der Waals surface area contributed by atoms with Crippen LogP contribution in [-0.4, -0.2) is 26.4 Å². The summed E-state index contributed by atoms with van der Waals surface area (Å²) < 4.78 is 38.4. The highest BCUT2D eigenvalue weighted by atomic mass is 32.1. The third-order valence-corrected chi connectivity index (χ3v) is 6.34. The van der Waals surface area contributed by atoms with Gasteiger partial charge in [0.15, 0.2) is 5.82 Å². The Hall–Kier alpha value is -3.10. The summed E-state index contributed by atoms with van der Waals surface area (Å²) in [6.45, 7) is 2.29. The van der Waals surface area contributed by atoms with Crippen molar-refractivity contribution in [2.24, 2.45) is 0 Å². The molecule has 1 aliphatic rings. The number of hydrogen-bond acceptors (Lipinski definition) is 5. The van der Waals surface area contributed by atoms with E-state index in [2.05, 4.69) is 20.9 Å². The summed E-state index contributed by atoms with van der Waals surface area (Å²) in [7, 11) is 0. The second-order valence-electron chi connectivity index (χ2n) is 7.69. The molecule has 4 nitrogen and oxygen atoms in total. The molecule has 5 rings (SSSR count). The van der Waals surface area contributed by atoms with E-state index in [9.17, 15) is 13.2 Å². The first kappa shape index (κ1) is 20.8. The van der Waals surface area contributed by atoms with Gasteiger partial charge in [-0.15, -0.1) is 11.3 Å². The first-order valence-electron chi connectivity index (χ1n) is 10.2. The summed E-state index contributed by atoms with van der Waals surface area (Å²) in [6, 6.07) is 15.2. The topological polar surface area (TPSA) is 41.9 Å². The number of thiophene rings is 1. The number of aromatic nitrogens is 3. The number of rotatable bonds is 4. The monoisotopic (exact) mass is 452 g/mol. The van der Waals surface area contributed by atoms with Crippen LogP contribution in [0, 0.1) is 0 Å². The Morgan fingerprint density at radius 1 is 0.969 bits per heavy atom. The Morgan fingerprint density at radius 3 is 2.56 bits per heavy atom. The van der Waals surface area contributed by atoms with Crippen molar-refractivity contribution in [2.75, 3.05) is 6.54 Å². The predicted molar refractivity (Wildman–Crippen MR) is 118 cm³/mol. The van der Waals surface area contributed by atoms with E-state index in [4.69, 9.17) is 4.98 Å². The minimum atomic E-state index is -4.35. The highest BCUT2D eigenvalue weighted by molar-refractivity contribution is 7.13. The average Bonchev–Trinajstić information content (AvgIpc) is 3.34. The van der Waals surface area contributed by atoms with Gasteiger partial charge in [-0.1, -0.05) is 24.3 Å². The molecule has 0 saturated carbocycles. The van der Waals surface area contributed by atoms with E-state index in [-0.39, 0.29) is 0 Å². The summed E-state index contributed by atoms with van der Waals surface area (Å²) in [6.07, 6.45) is -1.80. The zero-order chi connectivity index (χ0) is 22.1. The average molecular weight is 453 g/mol. The van der Waals surface area contributed by atoms with Crippen LogP contribution in [0.1, 0.15) is 22.5 Å². The normalized spacial score (nSPS) is 14.3. The quantitative estimate of drug-likeness (QED) is 0.390. The van der Waals surface area contributed by atoms with Gasteiger partial charge in [-0.25, -0.2) is 9.97 Å². The highest BCUT2D eigenvalue weighted by Gasteiger charge is 2.30. The Labute approximate surface area is 187 Å². The molecule has 4 heterocycles. The minimum Gasteiger partial charge on any atom is -0.293 e. The third-order valence-electron chi connectivity index (χ3n) is 5.45. The summed E-state index contributed by atoms with van der Waals surface area (Å²) in [5, 5.41) is 2.05. The van der Waals surface area contributed by atoms with Crippen molar-refractivity contribution in [2.45, 2.75) is 25.7 Å². The maximum atomic E-state index is 12.8. The molecule has 0 saturated heterocycles. The largest absolute Gasteiger partial charge is 0.416 e. The van der Waals surface area contributed by atoms with Gasteiger partial charge < -0.3 is 0 Å². The van der Waals surface area contributed by atoms with Gasteiger partial charge in [0.2, 0.25) is 0 Å². The number of benzene rings is 1. The fraction of sp³-hybridized carbons (Fsp3) is 0.208. The molecule has 0 fully saturated rings. The molecule has 1 aromatic carbocycles. The Morgan fingerprint density at radius 2 is 1.81 bits per heavy atom. The van der Waals surface area contributed by atoms with E-state index in [1.807, 2.05) is 29.6 Å². The number of halogens is 3. The van der Waals surface area contributed by atoms with Crippen LogP contribution >= 0.6 is 11.3 Å². The number of pyridine rings is 1. The summed E-state index contributed by atoms with van der Waals surface area (Å²) in [5.74, 6) is 0.455. The first-order chi connectivity index (χ1) is 15.5. The van der Waals surface area contributed by atoms with Gasteiger partial charge in [0.05, 0.1) is 27.5 Å². The summed E-state index contributed by atoms with van der Waals surface area (Å²) in [4.78, 5) is 17.3. The van der Waals surface area contributed by atoms with Gasteiger partial charge in [0, 0.05) is 43.4 Å². The third kappa shape index (κ3) is 4.42. The molecule has 0 spiro atoms. The summed E-state index contributed by atoms with van der Waals surface area (Å²) in [5.41, 5.74) is 3.90. The lowest BCUT2D eigenvalue weighted by atomic mass is 10.1. The Balaban J connectivity index is 1.29. The smallest absolute Gasteiger partial charge is 0.293 e. The van der Waals surface area contributed by atoms with Crippen LogP contribution in [0.25, 0.3) is 22.0 Å². The number of alkyl halides is 3. The lowest BCUT2D eigenvalue weighted by molar-refractivity contribution is -0.137. The van der Waals surface area contributed by atoms with E-state index < -0.39 is 11.7 Å². The lowest BCUT2D eigenvalue weighted by Crippen LogP contribution is -2.31. The predicted octanol–water partition coefficient (Wildman–Crippen LogP) is 5.84. The lowest BCUT2D eigenvalue weighted by Gasteiger charge is -2.27. The molecule has 3 aromatic heterocycles. The molecular weight excluding hydrogens is 433 g/mol. The second kappa shape index (κ2) is 8.44. The van der Waals surface area contributed by atoms with E-state index >= 15 is 0 Å². The van der Waals surface area contributed by atoms with Crippen LogP contribution in [-0.2, 0) is 25.7 Å². The molecule has 0 bridgehead atoms. The number of fused-ring (bicyclic) bond motifs is 1. The van der Waals surface area contributed by atoms with Crippen molar-refractivity contribution < 1.29 is 13.2 Å². The summed E-state index contributed by atoms with van der Waals surface area (Å²) >= 11 is 1.67. The van der Waals surface area contributed by atoms with Crippen LogP contribution < -0.4 is 0 Å². The van der Waals surface area contributed by atoms with Crippen molar-refractivity contribution in [3.05, 3.63) is 88.7 Å². The van der Waals surface area contributed by atoms with E-state index in [0.29, 0.717) is 17.9 Å². The standard InChI is InChI=1S/C24H19F3N4S/c25-24(26,27)18-8-6-16(7-9-18)23-28-13-17-14-31(11-10-20(17)30-23)15-19-3-1-4-21(29-19)22-5-2-12-32-22/h1-9,12-13H,10-11,14-15H2. The molecule has 162 valence electrons. The van der Waals surface area contributed by atoms with E-state index in [1.165, 1.54) is 12.1 Å². The molecule has 0 unspecified atom stereocenters. The molecule has 0 amide bonds. The van der Waals surface area contributed by atoms with Gasteiger partial charge in [0.1, 0.15) is 0 Å². The second-order valence-corrected chi connectivity index (χ2v) is 8.64. The van der Waals surface area contributed by atoms with E-state index in [1.54, 1.807) is 17.5 Å². The molecule has 0 radical (unpaired) electrons. The molecule has 0 atom stereocenters. The molecule has 32 heavy (non-hydrogen) atoms. The zero-order valence-corrected chi connectivity index (χ0v) is 17.8. The maximum Gasteiger partial charge on any atom is 0.416 e. The SMILES string of the molecule is FC(F)(F)c1ccc(-c2ncc3c(n2)CCN(Cc2cccc(-c4cccs4)n2)C3)cc1. The molecule has 0 aliphatic carbocycles. The molecule has 0 N–H and O–H groups in total. The fourth-order valence-corrected chi connectivity index (χ4v) is 4.51. The van der Waals surface area contributed by atoms with Crippen molar-refractivity contribution >= 4 is 11.3 Å². The molecule has 1 aliphatic heterocycles. The van der Waals surface area contributed by atoms with Crippen LogP contribution in [0.2, 0.25) is 0 Å². The minimum absolute atomic E-state index is 0.455. The Kier molecular flexibility index (Phi) is 5.48. The first-order valence-corrected chi connectivity index (χ1v) is 11.1. The van der Waals surface area contributed by atoms with Crippen LogP contribution in [0.15, 0.2) is 66.2 Å². The number of hydrogen-bond donors (Lipinski definition) is 0. The van der Waals surface area contributed by atoms with Gasteiger partial charge in [-0.3, -0.25) is 9.88 Å². The van der Waals surface area contributed by atoms with Gasteiger partial charge >= 0.3 is 6.18 Å². The zero-order valence-electron chi connectivity index (χ0n) is 17.0. The highest BCUT2D eigenvalue weighted by Crippen LogP contribution is 2.31. The van der Waals surface area contributed by atoms with Gasteiger partial charge in [0.25, 0.3) is 0 Å². The van der Waals surface area contributed by atoms with Crippen molar-refractivity contribution in [1.82, 2.24) is 19.9 Å². The van der Waals surface area contributed by atoms with Crippen molar-refractivity contribution in [3.8, 4) is 22.0 Å². The molecule has 8 heteroatoms. The van der Waals surface area contributed by atoms with Crippen LogP contribution in [0.4, 0.5) is 13.2 Å². The Bertz CT molecular complexity index is 1220. The van der Waals surface area contributed by atoms with E-state index in [0.717, 1.165) is 59.2 Å².